The molecule has 2 aliphatic heterocycles. The van der Waals surface area contributed by atoms with Gasteiger partial charge in [0.05, 0.1) is 11.4 Å². The normalized spacial score (nSPS) is 10.8. The van der Waals surface area contributed by atoms with E-state index in [4.69, 9.17) is 0 Å². The molecule has 0 aliphatic carbocycles. The van der Waals surface area contributed by atoms with Crippen molar-refractivity contribution in [3.63, 3.8) is 0 Å². The molecular formula is C8H9N3O. The van der Waals surface area contributed by atoms with Crippen LogP contribution in [0.5, 0.6) is 0 Å². The minimum atomic E-state index is -0.198. The lowest BCUT2D eigenvalue weighted by atomic mass is 10.3. The van der Waals surface area contributed by atoms with Crippen molar-refractivity contribution in [2.75, 3.05) is 0 Å². The highest BCUT2D eigenvalue weighted by atomic mass is 16.1. The summed E-state index contributed by atoms with van der Waals surface area (Å²) in [5, 5.41) is 0. The van der Waals surface area contributed by atoms with E-state index in [1.807, 2.05) is 30.1 Å². The van der Waals surface area contributed by atoms with Crippen molar-refractivity contribution >= 4 is 0 Å². The van der Waals surface area contributed by atoms with Crippen molar-refractivity contribution in [1.29, 1.82) is 0 Å². The van der Waals surface area contributed by atoms with Crippen LogP contribution in [0.15, 0.2) is 23.3 Å². The van der Waals surface area contributed by atoms with E-state index in [1.54, 1.807) is 7.05 Å². The molecule has 0 N–H and O–H groups in total. The van der Waals surface area contributed by atoms with Gasteiger partial charge in [-0.25, -0.2) is 4.79 Å². The van der Waals surface area contributed by atoms with Gasteiger partial charge in [0.25, 0.3) is 0 Å². The number of fused-ring (bicyclic) bond motifs is 1. The Morgan fingerprint density at radius 1 is 1.42 bits per heavy atom. The van der Waals surface area contributed by atoms with Crippen LogP contribution in [0.3, 0.4) is 0 Å². The third-order valence-electron chi connectivity index (χ3n) is 1.92. The summed E-state index contributed by atoms with van der Waals surface area (Å²) in [7, 11) is 3.63. The highest BCUT2D eigenvalue weighted by Crippen LogP contribution is 2.14. The lowest BCUT2D eigenvalue weighted by Crippen LogP contribution is -2.11. The number of pyridine rings is 1. The van der Waals surface area contributed by atoms with Crippen molar-refractivity contribution in [3.05, 3.63) is 28.9 Å². The van der Waals surface area contributed by atoms with Crippen LogP contribution in [-0.4, -0.2) is 14.1 Å². The first-order chi connectivity index (χ1) is 5.68. The minimum Gasteiger partial charge on any atom is -0.355 e. The maximum absolute atomic E-state index is 11.1. The molecule has 2 rings (SSSR count). The van der Waals surface area contributed by atoms with E-state index in [1.165, 1.54) is 4.57 Å². The fourth-order valence-electron chi connectivity index (χ4n) is 1.21. The predicted molar refractivity (Wildman–Crippen MR) is 45.1 cm³/mol. The molecule has 0 aromatic carbocycles. The molecule has 0 bridgehead atoms. The van der Waals surface area contributed by atoms with E-state index < -0.39 is 0 Å². The Morgan fingerprint density at radius 3 is 2.92 bits per heavy atom. The van der Waals surface area contributed by atoms with Gasteiger partial charge in [0, 0.05) is 26.5 Å². The average molecular weight is 163 g/mol. The van der Waals surface area contributed by atoms with Gasteiger partial charge in [0.15, 0.2) is 0 Å². The molecule has 0 radical (unpaired) electrons. The molecule has 0 amide bonds. The lowest BCUT2D eigenvalue weighted by Gasteiger charge is -2.02. The third kappa shape index (κ3) is 0.845. The van der Waals surface area contributed by atoms with Gasteiger partial charge in [-0.1, -0.05) is 0 Å². The van der Waals surface area contributed by atoms with Crippen molar-refractivity contribution in [2.45, 2.75) is 0 Å². The predicted octanol–water partition coefficient (Wildman–Crippen LogP) is 0.224. The Morgan fingerprint density at radius 2 is 2.17 bits per heavy atom. The molecule has 0 fully saturated rings. The second-order valence-corrected chi connectivity index (χ2v) is 2.83. The van der Waals surface area contributed by atoms with E-state index in [0.29, 0.717) is 0 Å². The molecule has 2 heterocycles. The van der Waals surface area contributed by atoms with Crippen molar-refractivity contribution in [2.24, 2.45) is 14.1 Å². The van der Waals surface area contributed by atoms with Crippen LogP contribution in [0, 0.1) is 0 Å². The Kier molecular flexibility index (Phi) is 1.30. The largest absolute Gasteiger partial charge is 0.355 e. The molecule has 62 valence electrons. The van der Waals surface area contributed by atoms with Crippen LogP contribution in [-0.2, 0) is 14.1 Å². The van der Waals surface area contributed by atoms with Crippen LogP contribution in [0.4, 0.5) is 0 Å². The van der Waals surface area contributed by atoms with Gasteiger partial charge < -0.3 is 4.57 Å². The summed E-state index contributed by atoms with van der Waals surface area (Å²) in [6, 6.07) is 1.83. The van der Waals surface area contributed by atoms with Crippen LogP contribution in [0.1, 0.15) is 0 Å². The summed E-state index contributed by atoms with van der Waals surface area (Å²) >= 11 is 0. The number of nitrogens with zero attached hydrogens (tertiary/aromatic N) is 3. The SMILES string of the molecule is Cn1ccc2nc(=O)n(C)c-2c1. The molecule has 4 heteroatoms. The van der Waals surface area contributed by atoms with E-state index in [-0.39, 0.29) is 5.69 Å². The van der Waals surface area contributed by atoms with Gasteiger partial charge >= 0.3 is 5.69 Å². The first-order valence-electron chi connectivity index (χ1n) is 3.67. The summed E-state index contributed by atoms with van der Waals surface area (Å²) in [6.45, 7) is 0. The topological polar surface area (TPSA) is 39.8 Å². The molecule has 0 unspecified atom stereocenters. The molecular weight excluding hydrogens is 154 g/mol. The zero-order valence-electron chi connectivity index (χ0n) is 6.98. The third-order valence-corrected chi connectivity index (χ3v) is 1.92. The Bertz CT molecular complexity index is 440. The van der Waals surface area contributed by atoms with Gasteiger partial charge in [-0.05, 0) is 6.07 Å². The average Bonchev–Trinajstić information content (AvgIpc) is 2.31. The smallest absolute Gasteiger partial charge is 0.348 e. The number of hydrogen-bond acceptors (Lipinski definition) is 2. The van der Waals surface area contributed by atoms with E-state index in [2.05, 4.69) is 4.98 Å². The molecule has 0 saturated heterocycles. The zero-order valence-corrected chi connectivity index (χ0v) is 6.98. The van der Waals surface area contributed by atoms with Crippen molar-refractivity contribution in [1.82, 2.24) is 14.1 Å². The van der Waals surface area contributed by atoms with E-state index in [0.717, 1.165) is 11.4 Å². The molecule has 12 heavy (non-hydrogen) atoms. The summed E-state index contributed by atoms with van der Waals surface area (Å²) < 4.78 is 3.43. The molecule has 0 aromatic rings. The molecule has 2 aliphatic rings. The maximum Gasteiger partial charge on any atom is 0.348 e. The first kappa shape index (κ1) is 7.09. The van der Waals surface area contributed by atoms with Crippen LogP contribution < -0.4 is 5.69 Å². The van der Waals surface area contributed by atoms with E-state index in [9.17, 15) is 4.79 Å². The second-order valence-electron chi connectivity index (χ2n) is 2.83. The lowest BCUT2D eigenvalue weighted by molar-refractivity contribution is 0.844. The molecule has 0 aromatic heterocycles. The second kappa shape index (κ2) is 2.20. The maximum atomic E-state index is 11.1. The fourth-order valence-corrected chi connectivity index (χ4v) is 1.21. The molecule has 0 saturated carbocycles. The highest BCUT2D eigenvalue weighted by molar-refractivity contribution is 5.54. The van der Waals surface area contributed by atoms with Gasteiger partial charge in [0.2, 0.25) is 0 Å². The molecule has 4 nitrogen and oxygen atoms in total. The number of aryl methyl sites for hydroxylation is 1. The zero-order chi connectivity index (χ0) is 8.72. The van der Waals surface area contributed by atoms with Gasteiger partial charge in [-0.15, -0.1) is 0 Å². The number of imidazole rings is 1. The van der Waals surface area contributed by atoms with Crippen molar-refractivity contribution < 1.29 is 0 Å². The van der Waals surface area contributed by atoms with Crippen LogP contribution in [0.25, 0.3) is 11.4 Å². The van der Waals surface area contributed by atoms with E-state index >= 15 is 0 Å². The molecule has 0 atom stereocenters. The first-order valence-corrected chi connectivity index (χ1v) is 3.67. The monoisotopic (exact) mass is 163 g/mol. The summed E-state index contributed by atoms with van der Waals surface area (Å²) in [6.07, 6.45) is 3.75. The van der Waals surface area contributed by atoms with Gasteiger partial charge in [-0.3, -0.25) is 4.57 Å². The standard InChI is InChI=1S/C8H9N3O/c1-10-4-3-6-7(5-10)11(2)8(12)9-6/h3-5H,1-2H3. The quantitative estimate of drug-likeness (QED) is 0.557. The minimum absolute atomic E-state index is 0.198. The Balaban J connectivity index is 2.88. The summed E-state index contributed by atoms with van der Waals surface area (Å²) in [5.41, 5.74) is 1.42. The highest BCUT2D eigenvalue weighted by Gasteiger charge is 2.09. The van der Waals surface area contributed by atoms with Crippen molar-refractivity contribution in [3.8, 4) is 11.4 Å². The number of rotatable bonds is 0. The Labute approximate surface area is 69.4 Å². The van der Waals surface area contributed by atoms with Gasteiger partial charge in [0.1, 0.15) is 0 Å². The number of aromatic nitrogens is 3. The van der Waals surface area contributed by atoms with Crippen LogP contribution in [0.2, 0.25) is 0 Å². The summed E-state index contributed by atoms with van der Waals surface area (Å²) in [4.78, 5) is 14.9. The number of hydrogen-bond donors (Lipinski definition) is 0. The molecule has 0 spiro atoms. The fraction of sp³-hybridized carbons (Fsp3) is 0.250. The Hall–Kier alpha value is -1.58. The summed E-state index contributed by atoms with van der Waals surface area (Å²) in [5.74, 6) is 0. The van der Waals surface area contributed by atoms with Crippen LogP contribution >= 0.6 is 0 Å². The van der Waals surface area contributed by atoms with Gasteiger partial charge in [-0.2, -0.15) is 4.98 Å².